The summed E-state index contributed by atoms with van der Waals surface area (Å²) in [6.07, 6.45) is 0. The monoisotopic (exact) mass is 392 g/mol. The van der Waals surface area contributed by atoms with E-state index >= 15 is 0 Å². The number of hydrogen-bond donors (Lipinski definition) is 1. The summed E-state index contributed by atoms with van der Waals surface area (Å²) in [5.41, 5.74) is 1.99. The summed E-state index contributed by atoms with van der Waals surface area (Å²) in [4.78, 5) is 16.0. The number of fused-ring (bicyclic) bond motifs is 1. The van der Waals surface area contributed by atoms with E-state index in [2.05, 4.69) is 52.7 Å². The maximum Gasteiger partial charge on any atom is 0.237 e. The lowest BCUT2D eigenvalue weighted by atomic mass is 10.1. The summed E-state index contributed by atoms with van der Waals surface area (Å²) < 4.78 is 5.40. The number of nitrogens with one attached hydrogen (secondary N) is 1. The molecule has 0 aromatic heterocycles. The Hall–Kier alpha value is -2.50. The average Bonchev–Trinajstić information content (AvgIpc) is 2.75. The van der Waals surface area contributed by atoms with Crippen molar-refractivity contribution in [3.8, 4) is 0 Å². The van der Waals surface area contributed by atoms with Gasteiger partial charge in [0.25, 0.3) is 0 Å². The van der Waals surface area contributed by atoms with Crippen LogP contribution in [0.3, 0.4) is 0 Å². The van der Waals surface area contributed by atoms with Gasteiger partial charge in [-0.25, -0.2) is 0 Å². The van der Waals surface area contributed by atoms with E-state index < -0.39 is 0 Å². The number of morpholine rings is 1. The Bertz CT molecular complexity index is 952. The van der Waals surface area contributed by atoms with Crippen molar-refractivity contribution in [2.45, 2.75) is 17.1 Å². The number of anilines is 2. The first-order chi connectivity index (χ1) is 13.7. The van der Waals surface area contributed by atoms with Crippen molar-refractivity contribution in [3.05, 3.63) is 66.7 Å². The second-order valence-corrected chi connectivity index (χ2v) is 8.32. The van der Waals surface area contributed by atoms with Crippen molar-refractivity contribution < 1.29 is 9.53 Å². The number of amides is 1. The molecule has 4 rings (SSSR count). The zero-order valence-electron chi connectivity index (χ0n) is 15.9. The first kappa shape index (κ1) is 18.8. The Morgan fingerprint density at radius 2 is 1.71 bits per heavy atom. The molecule has 1 saturated heterocycles. The van der Waals surface area contributed by atoms with Crippen LogP contribution in [0.1, 0.15) is 6.92 Å². The quantitative estimate of drug-likeness (QED) is 0.634. The van der Waals surface area contributed by atoms with E-state index in [4.69, 9.17) is 4.74 Å². The molecule has 1 aliphatic heterocycles. The molecular weight excluding hydrogens is 368 g/mol. The topological polar surface area (TPSA) is 41.6 Å². The SMILES string of the molecule is CC(Sc1ccc2ccccc2c1)C(=O)Nc1ccc(N2CCOCC2)cc1. The summed E-state index contributed by atoms with van der Waals surface area (Å²) in [7, 11) is 0. The highest BCUT2D eigenvalue weighted by atomic mass is 32.2. The average molecular weight is 393 g/mol. The number of carbonyl (C=O) groups excluding carboxylic acids is 1. The molecule has 0 bridgehead atoms. The maximum atomic E-state index is 12.6. The van der Waals surface area contributed by atoms with Gasteiger partial charge in [-0.15, -0.1) is 11.8 Å². The normalized spacial score (nSPS) is 15.4. The van der Waals surface area contributed by atoms with Crippen molar-refractivity contribution in [1.82, 2.24) is 0 Å². The van der Waals surface area contributed by atoms with Crippen LogP contribution in [0, 0.1) is 0 Å². The van der Waals surface area contributed by atoms with E-state index in [1.165, 1.54) is 16.5 Å². The van der Waals surface area contributed by atoms with Gasteiger partial charge < -0.3 is 15.0 Å². The van der Waals surface area contributed by atoms with Crippen LogP contribution in [-0.2, 0) is 9.53 Å². The molecule has 1 aliphatic rings. The van der Waals surface area contributed by atoms with Crippen molar-refractivity contribution in [3.63, 3.8) is 0 Å². The number of carbonyl (C=O) groups is 1. The van der Waals surface area contributed by atoms with Crippen molar-refractivity contribution in [1.29, 1.82) is 0 Å². The summed E-state index contributed by atoms with van der Waals surface area (Å²) >= 11 is 1.58. The molecule has 1 atom stereocenters. The molecule has 1 N–H and O–H groups in total. The van der Waals surface area contributed by atoms with Gasteiger partial charge in [-0.3, -0.25) is 4.79 Å². The van der Waals surface area contributed by atoms with E-state index in [0.29, 0.717) is 0 Å². The Balaban J connectivity index is 1.36. The predicted molar refractivity (Wildman–Crippen MR) is 117 cm³/mol. The Morgan fingerprint density at radius 1 is 1.00 bits per heavy atom. The van der Waals surface area contributed by atoms with Crippen LogP contribution in [0.25, 0.3) is 10.8 Å². The molecule has 3 aromatic carbocycles. The van der Waals surface area contributed by atoms with E-state index in [-0.39, 0.29) is 11.2 Å². The van der Waals surface area contributed by atoms with Crippen molar-refractivity contribution in [2.75, 3.05) is 36.5 Å². The largest absolute Gasteiger partial charge is 0.378 e. The molecule has 0 spiro atoms. The minimum Gasteiger partial charge on any atom is -0.378 e. The van der Waals surface area contributed by atoms with Gasteiger partial charge in [0.15, 0.2) is 0 Å². The van der Waals surface area contributed by atoms with Crippen LogP contribution in [0.15, 0.2) is 71.6 Å². The van der Waals surface area contributed by atoms with Crippen LogP contribution in [0.4, 0.5) is 11.4 Å². The van der Waals surface area contributed by atoms with Crippen molar-refractivity contribution >= 4 is 39.8 Å². The molecule has 1 fully saturated rings. The van der Waals surface area contributed by atoms with Crippen LogP contribution < -0.4 is 10.2 Å². The lowest BCUT2D eigenvalue weighted by Crippen LogP contribution is -2.36. The second-order valence-electron chi connectivity index (χ2n) is 6.90. The Kier molecular flexibility index (Phi) is 5.84. The second kappa shape index (κ2) is 8.67. The molecule has 5 heteroatoms. The lowest BCUT2D eigenvalue weighted by Gasteiger charge is -2.28. The predicted octanol–water partition coefficient (Wildman–Crippen LogP) is 4.80. The summed E-state index contributed by atoms with van der Waals surface area (Å²) in [6, 6.07) is 22.6. The number of rotatable bonds is 5. The van der Waals surface area contributed by atoms with Gasteiger partial charge in [0, 0.05) is 29.4 Å². The summed E-state index contributed by atoms with van der Waals surface area (Å²) in [5, 5.41) is 5.25. The van der Waals surface area contributed by atoms with Gasteiger partial charge in [0.2, 0.25) is 5.91 Å². The smallest absolute Gasteiger partial charge is 0.237 e. The number of ether oxygens (including phenoxy) is 1. The van der Waals surface area contributed by atoms with E-state index in [9.17, 15) is 4.79 Å². The zero-order chi connectivity index (χ0) is 19.3. The molecular formula is C23H24N2O2S. The van der Waals surface area contributed by atoms with Crippen LogP contribution in [-0.4, -0.2) is 37.5 Å². The van der Waals surface area contributed by atoms with Crippen LogP contribution >= 0.6 is 11.8 Å². The minimum atomic E-state index is -0.180. The summed E-state index contributed by atoms with van der Waals surface area (Å²) in [6.45, 7) is 5.29. The lowest BCUT2D eigenvalue weighted by molar-refractivity contribution is -0.115. The Morgan fingerprint density at radius 3 is 2.46 bits per heavy atom. The highest BCUT2D eigenvalue weighted by molar-refractivity contribution is 8.00. The van der Waals surface area contributed by atoms with Gasteiger partial charge in [0.05, 0.1) is 18.5 Å². The molecule has 0 radical (unpaired) electrons. The van der Waals surface area contributed by atoms with E-state index in [1.807, 2.05) is 31.2 Å². The molecule has 0 aliphatic carbocycles. The van der Waals surface area contributed by atoms with Crippen LogP contribution in [0.2, 0.25) is 0 Å². The fraction of sp³-hybridized carbons (Fsp3) is 0.261. The first-order valence-electron chi connectivity index (χ1n) is 9.58. The molecule has 1 heterocycles. The molecule has 28 heavy (non-hydrogen) atoms. The van der Waals surface area contributed by atoms with Gasteiger partial charge in [-0.2, -0.15) is 0 Å². The number of nitrogens with zero attached hydrogens (tertiary/aromatic N) is 1. The summed E-state index contributed by atoms with van der Waals surface area (Å²) in [5.74, 6) is 0.0114. The standard InChI is InChI=1S/C23H24N2O2S/c1-17(28-22-11-6-18-4-2-3-5-19(18)16-22)23(26)24-20-7-9-21(10-8-20)25-12-14-27-15-13-25/h2-11,16-17H,12-15H2,1H3,(H,24,26). The van der Waals surface area contributed by atoms with E-state index in [1.54, 1.807) is 11.8 Å². The van der Waals surface area contributed by atoms with Gasteiger partial charge in [-0.05, 0) is 54.1 Å². The maximum absolute atomic E-state index is 12.6. The highest BCUT2D eigenvalue weighted by Gasteiger charge is 2.16. The molecule has 1 amide bonds. The highest BCUT2D eigenvalue weighted by Crippen LogP contribution is 2.28. The minimum absolute atomic E-state index is 0.0114. The third-order valence-electron chi connectivity index (χ3n) is 4.91. The Labute approximate surface area is 169 Å². The molecule has 4 nitrogen and oxygen atoms in total. The third-order valence-corrected chi connectivity index (χ3v) is 6.01. The number of benzene rings is 3. The molecule has 3 aromatic rings. The number of hydrogen-bond acceptors (Lipinski definition) is 4. The van der Waals surface area contributed by atoms with Gasteiger partial charge in [0.1, 0.15) is 0 Å². The molecule has 144 valence electrons. The van der Waals surface area contributed by atoms with Crippen molar-refractivity contribution in [2.24, 2.45) is 0 Å². The molecule has 0 saturated carbocycles. The molecule has 1 unspecified atom stereocenters. The van der Waals surface area contributed by atoms with Crippen LogP contribution in [0.5, 0.6) is 0 Å². The number of thioether (sulfide) groups is 1. The van der Waals surface area contributed by atoms with Gasteiger partial charge >= 0.3 is 0 Å². The third kappa shape index (κ3) is 4.49. The fourth-order valence-electron chi connectivity index (χ4n) is 3.32. The first-order valence-corrected chi connectivity index (χ1v) is 10.5. The zero-order valence-corrected chi connectivity index (χ0v) is 16.7. The van der Waals surface area contributed by atoms with Gasteiger partial charge in [-0.1, -0.05) is 30.3 Å². The van der Waals surface area contributed by atoms with E-state index in [0.717, 1.165) is 36.9 Å². The fourth-order valence-corrected chi connectivity index (χ4v) is 4.24.